The second kappa shape index (κ2) is 24.0. The largest absolute Gasteiger partial charge is 0.479 e. The van der Waals surface area contributed by atoms with Gasteiger partial charge >= 0.3 is 11.9 Å². The van der Waals surface area contributed by atoms with E-state index in [2.05, 4.69) is 0 Å². The van der Waals surface area contributed by atoms with Crippen molar-refractivity contribution < 1.29 is 131 Å². The highest BCUT2D eigenvalue weighted by atomic mass is 16.8. The number of methoxy groups -OCH3 is 7. The van der Waals surface area contributed by atoms with Crippen LogP contribution in [0.5, 0.6) is 0 Å². The van der Waals surface area contributed by atoms with E-state index in [0.717, 1.165) is 7.11 Å². The predicted octanol–water partition coefficient (Wildman–Crippen LogP) is -7.19. The number of rotatable bonds is 20. The van der Waals surface area contributed by atoms with E-state index < -0.39 is 185 Å². The molecule has 0 saturated carbocycles. The van der Waals surface area contributed by atoms with Crippen molar-refractivity contribution in [1.29, 1.82) is 0 Å². The first-order chi connectivity index (χ1) is 31.0. The number of carbonyl (C=O) groups is 2. The molecule has 5 fully saturated rings. The summed E-state index contributed by atoms with van der Waals surface area (Å²) in [7, 11) is 8.66. The molecule has 5 heterocycles. The summed E-state index contributed by atoms with van der Waals surface area (Å²) >= 11 is 0. The van der Waals surface area contributed by atoms with Gasteiger partial charge in [0.2, 0.25) is 0 Å². The van der Waals surface area contributed by atoms with Crippen molar-refractivity contribution in [3.8, 4) is 0 Å². The van der Waals surface area contributed by atoms with E-state index in [9.17, 15) is 55.5 Å². The van der Waals surface area contributed by atoms with E-state index in [1.54, 1.807) is 0 Å². The number of carboxylic acids is 2. The van der Waals surface area contributed by atoms with Crippen molar-refractivity contribution in [3.63, 3.8) is 0 Å². The fourth-order valence-electron chi connectivity index (χ4n) is 8.71. The molecule has 5 aliphatic rings. The highest BCUT2D eigenvalue weighted by Crippen LogP contribution is 2.38. The molecule has 0 aliphatic carbocycles. The van der Waals surface area contributed by atoms with Crippen molar-refractivity contribution in [3.05, 3.63) is 0 Å². The number of hydrogen-bond donors (Lipinski definition) is 10. The summed E-state index contributed by atoms with van der Waals surface area (Å²) in [5.41, 5.74) is 6.40. The van der Waals surface area contributed by atoms with E-state index in [1.807, 2.05) is 0 Å². The fourth-order valence-corrected chi connectivity index (χ4v) is 8.71. The van der Waals surface area contributed by atoms with Gasteiger partial charge in [0.1, 0.15) is 104 Å². The molecule has 0 radical (unpaired) electrons. The number of carboxylic acid groups (broad SMARTS) is 2. The lowest BCUT2D eigenvalue weighted by Crippen LogP contribution is -2.69. The van der Waals surface area contributed by atoms with Gasteiger partial charge in [-0.25, -0.2) is 9.59 Å². The smallest absolute Gasteiger partial charge is 0.335 e. The van der Waals surface area contributed by atoms with Crippen molar-refractivity contribution >= 4 is 11.9 Å². The van der Waals surface area contributed by atoms with Crippen LogP contribution in [0.1, 0.15) is 0 Å². The average molecular weight is 954 g/mol. The van der Waals surface area contributed by atoms with Crippen molar-refractivity contribution in [1.82, 2.24) is 0 Å². The topological polar surface area (TPSA) is 390 Å². The maximum absolute atomic E-state index is 12.8. The number of hydrogen-bond acceptors (Lipinski definition) is 26. The molecule has 11 unspecified atom stereocenters. The van der Waals surface area contributed by atoms with Crippen LogP contribution in [0.3, 0.4) is 0 Å². The molecular formula is C37H63NO27. The lowest BCUT2D eigenvalue weighted by Gasteiger charge is -2.50. The fraction of sp³-hybridized carbons (Fsp3) is 0.946. The SMILES string of the molecule is COC1C(OC)[C@H](O[C@H]2O[C@@H](CO)[C@@H](O[C@@H]3OC(C(=O)O)[C@@H](O[C@H]4OC(CO)C(OC)[C@H](OC)C4N)[C@H](OC)C3OC)C(O)C2O)[C@H](C(=O)O)O[C@H]1O[C@@H]1C(CO)O[C@H](OC)C(O)[C@H]1O. The summed E-state index contributed by atoms with van der Waals surface area (Å²) in [4.78, 5) is 25.5. The normalized spacial score (nSPS) is 47.3. The van der Waals surface area contributed by atoms with Gasteiger partial charge < -0.3 is 127 Å². The Bertz CT molecular complexity index is 1480. The molecule has 378 valence electrons. The molecule has 0 aromatic heterocycles. The minimum Gasteiger partial charge on any atom is -0.479 e. The Labute approximate surface area is 371 Å². The molecule has 5 aliphatic heterocycles. The standard InChI is InChI=1S/C37H63NO27/c1-50-21-13(10-41)57-33(14(38)22(21)51-2)62-25-23(52-3)29(54-5)36(64-27(25)31(46)47)61-20-12(9-40)59-35(18(45)16(20)43)63-26-24(53-4)30(55-6)37(65-28(26)32(48)49)60-19-11(8-39)58-34(56-7)17(44)15(19)42/h11-30,33-37,39-45H,8-10,38H2,1-7H3,(H,46,47)(H,48,49)/t11?,12-,13?,14?,15+,16?,17?,18?,19+,20+,21?,22+,23-,24?,25-,26-,27?,28+,29?,30?,33+,34-,35+,36+,37+/m0/s1. The molecule has 11 N–H and O–H groups in total. The Morgan fingerprint density at radius 3 is 1.11 bits per heavy atom. The molecule has 0 aromatic rings. The first-order valence-electron chi connectivity index (χ1n) is 20.4. The third-order valence-electron chi connectivity index (χ3n) is 12.0. The van der Waals surface area contributed by atoms with Gasteiger partial charge in [-0.2, -0.15) is 0 Å². The van der Waals surface area contributed by atoms with Crippen LogP contribution in [-0.4, -0.2) is 281 Å². The van der Waals surface area contributed by atoms with Crippen molar-refractivity contribution in [2.75, 3.05) is 69.6 Å². The first kappa shape index (κ1) is 53.9. The summed E-state index contributed by atoms with van der Waals surface area (Å²) in [5.74, 6) is -3.24. The maximum atomic E-state index is 12.8. The predicted molar refractivity (Wildman–Crippen MR) is 203 cm³/mol. The van der Waals surface area contributed by atoms with Crippen LogP contribution in [0.2, 0.25) is 0 Å². The van der Waals surface area contributed by atoms with Crippen molar-refractivity contribution in [2.24, 2.45) is 5.73 Å². The zero-order valence-electron chi connectivity index (χ0n) is 36.5. The molecule has 5 rings (SSSR count). The van der Waals surface area contributed by atoms with E-state index in [1.165, 1.54) is 42.7 Å². The Kier molecular flexibility index (Phi) is 19.9. The molecule has 0 aromatic carbocycles. The van der Waals surface area contributed by atoms with Gasteiger partial charge in [-0.1, -0.05) is 0 Å². The molecule has 65 heavy (non-hydrogen) atoms. The van der Waals surface area contributed by atoms with Gasteiger partial charge in [-0.05, 0) is 0 Å². The molecule has 0 spiro atoms. The zero-order chi connectivity index (χ0) is 48.0. The monoisotopic (exact) mass is 953 g/mol. The highest BCUT2D eigenvalue weighted by molar-refractivity contribution is 5.74. The van der Waals surface area contributed by atoms with E-state index in [4.69, 9.17) is 81.5 Å². The quantitative estimate of drug-likeness (QED) is 0.0542. The lowest BCUT2D eigenvalue weighted by molar-refractivity contribution is -0.389. The Balaban J connectivity index is 1.33. The minimum absolute atomic E-state index is 0.545. The third kappa shape index (κ3) is 11.1. The minimum atomic E-state index is -2.09. The number of ether oxygens (including phenoxy) is 16. The Hall–Kier alpha value is -2.02. The first-order valence-corrected chi connectivity index (χ1v) is 20.4. The van der Waals surface area contributed by atoms with Gasteiger partial charge in [0.05, 0.1) is 25.9 Å². The summed E-state index contributed by atoms with van der Waals surface area (Å²) in [6, 6.07) is -1.09. The van der Waals surface area contributed by atoms with Crippen molar-refractivity contribution in [2.45, 2.75) is 153 Å². The van der Waals surface area contributed by atoms with Gasteiger partial charge in [0, 0.05) is 49.8 Å². The summed E-state index contributed by atoms with van der Waals surface area (Å²) in [6.07, 6.45) is -37.3. The second-order valence-electron chi connectivity index (χ2n) is 15.6. The summed E-state index contributed by atoms with van der Waals surface area (Å²) < 4.78 is 91.1. The number of nitrogens with two attached hydrogens (primary N) is 1. The van der Waals surface area contributed by atoms with Gasteiger partial charge in [-0.15, -0.1) is 0 Å². The van der Waals surface area contributed by atoms with E-state index in [0.29, 0.717) is 0 Å². The van der Waals surface area contributed by atoms with E-state index >= 15 is 0 Å². The average Bonchev–Trinajstić information content (AvgIpc) is 3.30. The molecule has 5 saturated heterocycles. The van der Waals surface area contributed by atoms with E-state index in [-0.39, 0.29) is 0 Å². The zero-order valence-corrected chi connectivity index (χ0v) is 36.5. The van der Waals surface area contributed by atoms with Crippen LogP contribution in [0, 0.1) is 0 Å². The molecule has 25 atom stereocenters. The molecule has 28 heteroatoms. The molecule has 0 amide bonds. The Morgan fingerprint density at radius 2 is 0.738 bits per heavy atom. The molecule has 0 bridgehead atoms. The summed E-state index contributed by atoms with van der Waals surface area (Å²) in [5, 5.41) is 95.4. The van der Waals surface area contributed by atoms with Crippen LogP contribution >= 0.6 is 0 Å². The van der Waals surface area contributed by atoms with Crippen LogP contribution < -0.4 is 5.73 Å². The summed E-state index contributed by atoms with van der Waals surface area (Å²) in [6.45, 7) is -2.22. The lowest BCUT2D eigenvalue weighted by atomic mass is 9.94. The van der Waals surface area contributed by atoms with Gasteiger partial charge in [0.15, 0.2) is 43.7 Å². The van der Waals surface area contributed by atoms with Crippen LogP contribution in [0.15, 0.2) is 0 Å². The third-order valence-corrected chi connectivity index (χ3v) is 12.0. The maximum Gasteiger partial charge on any atom is 0.335 e. The van der Waals surface area contributed by atoms with Crippen LogP contribution in [0.25, 0.3) is 0 Å². The van der Waals surface area contributed by atoms with Gasteiger partial charge in [0.25, 0.3) is 0 Å². The van der Waals surface area contributed by atoms with Crippen LogP contribution in [0.4, 0.5) is 0 Å². The second-order valence-corrected chi connectivity index (χ2v) is 15.6. The van der Waals surface area contributed by atoms with Gasteiger partial charge in [-0.3, -0.25) is 0 Å². The van der Waals surface area contributed by atoms with Crippen LogP contribution in [-0.2, 0) is 85.4 Å². The highest BCUT2D eigenvalue weighted by Gasteiger charge is 2.59. The number of aliphatic hydroxyl groups excluding tert-OH is 7. The molecular weight excluding hydrogens is 890 g/mol. The number of aliphatic carboxylic acids is 2. The number of aliphatic hydroxyl groups is 7. The molecule has 28 nitrogen and oxygen atoms in total. The Morgan fingerprint density at radius 1 is 0.400 bits per heavy atom.